The zero-order chi connectivity index (χ0) is 27.7. The lowest BCUT2D eigenvalue weighted by atomic mass is 9.71. The van der Waals surface area contributed by atoms with Crippen LogP contribution in [-0.2, 0) is 20.9 Å². The molecule has 2 saturated heterocycles. The fourth-order valence-electron chi connectivity index (χ4n) is 4.37. The molecule has 208 valence electrons. The first-order valence-electron chi connectivity index (χ1n) is 11.1. The maximum atomic E-state index is 10.6. The average molecular weight is 551 g/mol. The highest BCUT2D eigenvalue weighted by Crippen LogP contribution is 2.45. The van der Waals surface area contributed by atoms with E-state index in [0.717, 1.165) is 13.2 Å². The quantitative estimate of drug-likeness (QED) is 0.519. The van der Waals surface area contributed by atoms with Crippen LogP contribution in [0.15, 0.2) is 17.5 Å². The monoisotopic (exact) mass is 550 g/mol. The van der Waals surface area contributed by atoms with Gasteiger partial charge in [0, 0.05) is 43.6 Å². The second-order valence-electron chi connectivity index (χ2n) is 9.00. The van der Waals surface area contributed by atoms with Crippen LogP contribution >= 0.6 is 11.3 Å². The van der Waals surface area contributed by atoms with Crippen LogP contribution in [-0.4, -0.2) is 90.2 Å². The molecule has 3 rings (SSSR count). The summed E-state index contributed by atoms with van der Waals surface area (Å²) in [7, 11) is 1.86. The first-order chi connectivity index (χ1) is 16.5. The maximum absolute atomic E-state index is 10.6. The number of carboxylic acid groups (broad SMARTS) is 2. The van der Waals surface area contributed by atoms with Gasteiger partial charge >= 0.3 is 24.3 Å². The van der Waals surface area contributed by atoms with Crippen molar-refractivity contribution in [1.29, 1.82) is 0 Å². The Balaban J connectivity index is 0.000000383. The zero-order valence-corrected chi connectivity index (χ0v) is 21.0. The minimum atomic E-state index is -5.08. The van der Waals surface area contributed by atoms with Crippen molar-refractivity contribution in [3.8, 4) is 0 Å². The summed E-state index contributed by atoms with van der Waals surface area (Å²) in [5.41, 5.74) is 0.485. The largest absolute Gasteiger partial charge is 0.490 e. The van der Waals surface area contributed by atoms with Gasteiger partial charge in [-0.25, -0.2) is 9.59 Å². The van der Waals surface area contributed by atoms with Crippen LogP contribution in [0.3, 0.4) is 0 Å². The Bertz CT molecular complexity index is 785. The van der Waals surface area contributed by atoms with Gasteiger partial charge in [-0.05, 0) is 56.6 Å². The lowest BCUT2D eigenvalue weighted by Crippen LogP contribution is -2.47. The van der Waals surface area contributed by atoms with Gasteiger partial charge in [0.15, 0.2) is 0 Å². The highest BCUT2D eigenvalue weighted by molar-refractivity contribution is 7.09. The molecule has 1 aromatic heterocycles. The molecule has 7 nitrogen and oxygen atoms in total. The van der Waals surface area contributed by atoms with Gasteiger partial charge in [-0.15, -0.1) is 11.3 Å². The summed E-state index contributed by atoms with van der Waals surface area (Å²) in [6.45, 7) is 11.6. The molecule has 0 amide bonds. The number of carboxylic acids is 2. The van der Waals surface area contributed by atoms with E-state index >= 15 is 0 Å². The molecule has 36 heavy (non-hydrogen) atoms. The molecule has 2 aliphatic rings. The van der Waals surface area contributed by atoms with Crippen LogP contribution < -0.4 is 0 Å². The summed E-state index contributed by atoms with van der Waals surface area (Å²) in [6, 6.07) is 5.11. The Morgan fingerprint density at radius 3 is 1.97 bits per heavy atom. The van der Waals surface area contributed by atoms with Crippen LogP contribution in [0.25, 0.3) is 0 Å². The van der Waals surface area contributed by atoms with Crippen LogP contribution in [0.1, 0.15) is 31.6 Å². The Labute approximate surface area is 209 Å². The smallest absolute Gasteiger partial charge is 0.475 e. The topological polar surface area (TPSA) is 90.3 Å². The molecule has 0 saturated carbocycles. The summed E-state index contributed by atoms with van der Waals surface area (Å²) >= 11 is 1.88. The van der Waals surface area contributed by atoms with Crippen LogP contribution in [0.2, 0.25) is 0 Å². The van der Waals surface area contributed by atoms with Crippen molar-refractivity contribution in [2.75, 3.05) is 39.9 Å². The number of methoxy groups -OCH3 is 1. The normalized spacial score (nSPS) is 20.4. The van der Waals surface area contributed by atoms with E-state index < -0.39 is 24.3 Å². The molecular formula is C22H32F6N2O5S. The third-order valence-corrected chi connectivity index (χ3v) is 7.08. The van der Waals surface area contributed by atoms with Gasteiger partial charge < -0.3 is 19.8 Å². The third kappa shape index (κ3) is 10.2. The number of hydrogen-bond acceptors (Lipinski definition) is 6. The minimum Gasteiger partial charge on any atom is -0.475 e. The van der Waals surface area contributed by atoms with E-state index in [9.17, 15) is 26.3 Å². The standard InChI is InChI=1S/C18H30N2OS.2C2HF3O2/c1-15(2)20-8-6-18(7-9-20)14-19(11-16(18)13-21-3)12-17-5-4-10-22-17;2*3-2(4,5)1(6)7/h4-5,10,15-16H,6-9,11-14H2,1-3H3;2*(H,6,7). The predicted molar refractivity (Wildman–Crippen MR) is 121 cm³/mol. The molecule has 3 heterocycles. The summed E-state index contributed by atoms with van der Waals surface area (Å²) < 4.78 is 69.0. The zero-order valence-electron chi connectivity index (χ0n) is 20.2. The fourth-order valence-corrected chi connectivity index (χ4v) is 5.12. The number of carbonyl (C=O) groups is 2. The van der Waals surface area contributed by atoms with E-state index in [0.29, 0.717) is 17.4 Å². The molecule has 1 aromatic rings. The van der Waals surface area contributed by atoms with Crippen molar-refractivity contribution in [2.45, 2.75) is 51.6 Å². The average Bonchev–Trinajstić information content (AvgIpc) is 3.37. The highest BCUT2D eigenvalue weighted by Gasteiger charge is 2.48. The molecule has 0 radical (unpaired) electrons. The highest BCUT2D eigenvalue weighted by atomic mass is 32.1. The number of aliphatic carboxylic acids is 2. The lowest BCUT2D eigenvalue weighted by Gasteiger charge is -2.44. The van der Waals surface area contributed by atoms with Crippen molar-refractivity contribution < 1.29 is 50.9 Å². The van der Waals surface area contributed by atoms with Crippen molar-refractivity contribution >= 4 is 23.3 Å². The summed E-state index contributed by atoms with van der Waals surface area (Å²) in [5, 5.41) is 16.4. The molecule has 2 fully saturated rings. The molecule has 1 spiro atoms. The maximum Gasteiger partial charge on any atom is 0.490 e. The Hall–Kier alpha value is -1.90. The SMILES string of the molecule is COCC1CN(Cc2cccs2)CC12CCN(C(C)C)CC2.O=C(O)C(F)(F)F.O=C(O)C(F)(F)F. The third-order valence-electron chi connectivity index (χ3n) is 6.22. The first kappa shape index (κ1) is 32.1. The van der Waals surface area contributed by atoms with Gasteiger partial charge in [-0.1, -0.05) is 6.07 Å². The number of rotatable bonds is 5. The molecule has 2 aliphatic heterocycles. The molecule has 0 aliphatic carbocycles. The predicted octanol–water partition coefficient (Wildman–Crippen LogP) is 4.58. The molecular weight excluding hydrogens is 518 g/mol. The van der Waals surface area contributed by atoms with Crippen molar-refractivity contribution in [2.24, 2.45) is 11.3 Å². The van der Waals surface area contributed by atoms with Crippen LogP contribution in [0.5, 0.6) is 0 Å². The van der Waals surface area contributed by atoms with Crippen LogP contribution in [0, 0.1) is 11.3 Å². The Morgan fingerprint density at radius 2 is 1.61 bits per heavy atom. The van der Waals surface area contributed by atoms with Crippen molar-refractivity contribution in [1.82, 2.24) is 9.80 Å². The van der Waals surface area contributed by atoms with E-state index in [2.05, 4.69) is 41.2 Å². The summed E-state index contributed by atoms with van der Waals surface area (Å²) in [4.78, 5) is 24.6. The molecule has 1 atom stereocenters. The number of alkyl halides is 6. The number of hydrogen-bond donors (Lipinski definition) is 2. The second kappa shape index (κ2) is 13.6. The lowest BCUT2D eigenvalue weighted by molar-refractivity contribution is -0.193. The molecule has 14 heteroatoms. The Kier molecular flexibility index (Phi) is 12.1. The summed E-state index contributed by atoms with van der Waals surface area (Å²) in [6.07, 6.45) is -7.50. The molecule has 2 N–H and O–H groups in total. The van der Waals surface area contributed by atoms with Gasteiger partial charge in [0.1, 0.15) is 0 Å². The second-order valence-corrected chi connectivity index (χ2v) is 10.0. The molecule has 0 bridgehead atoms. The number of ether oxygens (including phenoxy) is 1. The minimum absolute atomic E-state index is 0.485. The van der Waals surface area contributed by atoms with Gasteiger partial charge in [0.05, 0.1) is 6.61 Å². The number of likely N-dealkylation sites (tertiary alicyclic amines) is 2. The number of nitrogens with zero attached hydrogens (tertiary/aromatic N) is 2. The van der Waals surface area contributed by atoms with Crippen molar-refractivity contribution in [3.05, 3.63) is 22.4 Å². The van der Waals surface area contributed by atoms with Crippen molar-refractivity contribution in [3.63, 3.8) is 0 Å². The van der Waals surface area contributed by atoms with E-state index in [1.165, 1.54) is 43.9 Å². The van der Waals surface area contributed by atoms with Gasteiger partial charge in [0.25, 0.3) is 0 Å². The van der Waals surface area contributed by atoms with E-state index in [1.807, 2.05) is 18.4 Å². The first-order valence-corrected chi connectivity index (χ1v) is 12.0. The molecule has 1 unspecified atom stereocenters. The van der Waals surface area contributed by atoms with Gasteiger partial charge in [-0.3, -0.25) is 4.90 Å². The van der Waals surface area contributed by atoms with E-state index in [1.54, 1.807) is 0 Å². The number of thiophene rings is 1. The van der Waals surface area contributed by atoms with Gasteiger partial charge in [0.2, 0.25) is 0 Å². The van der Waals surface area contributed by atoms with E-state index in [-0.39, 0.29) is 0 Å². The molecule has 0 aromatic carbocycles. The summed E-state index contributed by atoms with van der Waals surface area (Å²) in [5.74, 6) is -4.81. The number of halogens is 6. The Morgan fingerprint density at radius 1 is 1.11 bits per heavy atom. The fraction of sp³-hybridized carbons (Fsp3) is 0.727. The number of piperidine rings is 1. The van der Waals surface area contributed by atoms with Gasteiger partial charge in [-0.2, -0.15) is 26.3 Å². The van der Waals surface area contributed by atoms with E-state index in [4.69, 9.17) is 24.5 Å². The van der Waals surface area contributed by atoms with Crippen LogP contribution in [0.4, 0.5) is 26.3 Å².